The highest BCUT2D eigenvalue weighted by Crippen LogP contribution is 2.28. The number of anilines is 1. The first-order valence-electron chi connectivity index (χ1n) is 7.22. The summed E-state index contributed by atoms with van der Waals surface area (Å²) in [6.07, 6.45) is 1.85. The molecule has 0 bridgehead atoms. The first-order valence-corrected chi connectivity index (χ1v) is 7.22. The summed E-state index contributed by atoms with van der Waals surface area (Å²) in [7, 11) is 0. The summed E-state index contributed by atoms with van der Waals surface area (Å²) in [4.78, 5) is 4.54. The summed E-state index contributed by atoms with van der Waals surface area (Å²) < 4.78 is 0. The lowest BCUT2D eigenvalue weighted by molar-refractivity contribution is 0.293. The number of rotatable bonds is 6. The van der Waals surface area contributed by atoms with E-state index in [0.29, 0.717) is 6.54 Å². The molecule has 0 aliphatic carbocycles. The lowest BCUT2D eigenvalue weighted by Crippen LogP contribution is -2.24. The number of fused-ring (bicyclic) bond motifs is 3. The topological polar surface area (TPSA) is 57.2 Å². The third kappa shape index (κ3) is 2.96. The molecule has 3 rings (SSSR count). The summed E-state index contributed by atoms with van der Waals surface area (Å²) in [5, 5.41) is 18.8. The third-order valence-corrected chi connectivity index (χ3v) is 3.54. The predicted octanol–water partition coefficient (Wildman–Crippen LogP) is 2.38. The fourth-order valence-corrected chi connectivity index (χ4v) is 2.53. The van der Waals surface area contributed by atoms with Crippen LogP contribution in [0.15, 0.2) is 48.7 Å². The normalized spacial score (nSPS) is 11.1. The average molecular weight is 281 g/mol. The van der Waals surface area contributed by atoms with E-state index in [2.05, 4.69) is 39.9 Å². The molecule has 1 aromatic heterocycles. The Labute approximate surface area is 123 Å². The van der Waals surface area contributed by atoms with Gasteiger partial charge >= 0.3 is 0 Å². The van der Waals surface area contributed by atoms with Gasteiger partial charge in [0.25, 0.3) is 0 Å². The quantitative estimate of drug-likeness (QED) is 0.479. The molecule has 3 N–H and O–H groups in total. The van der Waals surface area contributed by atoms with Crippen LogP contribution < -0.4 is 10.6 Å². The molecule has 0 aliphatic heterocycles. The van der Waals surface area contributed by atoms with Gasteiger partial charge in [-0.3, -0.25) is 4.98 Å². The van der Waals surface area contributed by atoms with E-state index in [1.54, 1.807) is 0 Å². The Kier molecular flexibility index (Phi) is 4.28. The summed E-state index contributed by atoms with van der Waals surface area (Å²) in [5.74, 6) is 0. The Hall–Kier alpha value is -2.17. The second kappa shape index (κ2) is 6.52. The molecule has 0 saturated heterocycles. The van der Waals surface area contributed by atoms with Gasteiger partial charge in [0.1, 0.15) is 0 Å². The average Bonchev–Trinajstić information content (AvgIpc) is 2.54. The lowest BCUT2D eigenvalue weighted by atomic mass is 10.1. The van der Waals surface area contributed by atoms with Crippen LogP contribution in [0.5, 0.6) is 0 Å². The second-order valence-electron chi connectivity index (χ2n) is 4.94. The Bertz CT molecular complexity index is 742. The zero-order valence-corrected chi connectivity index (χ0v) is 11.8. The molecule has 21 heavy (non-hydrogen) atoms. The number of aromatic nitrogens is 1. The van der Waals surface area contributed by atoms with Crippen LogP contribution in [-0.4, -0.2) is 36.3 Å². The minimum atomic E-state index is 0.171. The molecule has 0 atom stereocenters. The van der Waals surface area contributed by atoms with Gasteiger partial charge in [-0.25, -0.2) is 0 Å². The molecule has 1 heterocycles. The zero-order valence-electron chi connectivity index (χ0n) is 11.8. The van der Waals surface area contributed by atoms with Gasteiger partial charge in [0.05, 0.1) is 12.1 Å². The van der Waals surface area contributed by atoms with E-state index in [1.807, 2.05) is 24.4 Å². The smallest absolute Gasteiger partial charge is 0.0801 e. The maximum Gasteiger partial charge on any atom is 0.0801 e. The first kappa shape index (κ1) is 13.8. The van der Waals surface area contributed by atoms with Crippen molar-refractivity contribution in [1.29, 1.82) is 0 Å². The van der Waals surface area contributed by atoms with Crippen molar-refractivity contribution in [2.45, 2.75) is 0 Å². The molecule has 4 heteroatoms. The van der Waals surface area contributed by atoms with E-state index >= 15 is 0 Å². The second-order valence-corrected chi connectivity index (χ2v) is 4.94. The molecule has 0 amide bonds. The SMILES string of the molecule is OCCNCCNc1ccnc2c1ccc1ccccc12. The molecule has 4 nitrogen and oxygen atoms in total. The number of nitrogens with zero attached hydrogens (tertiary/aromatic N) is 1. The highest BCUT2D eigenvalue weighted by molar-refractivity contribution is 6.08. The van der Waals surface area contributed by atoms with E-state index in [1.165, 1.54) is 10.8 Å². The highest BCUT2D eigenvalue weighted by atomic mass is 16.3. The van der Waals surface area contributed by atoms with Crippen LogP contribution in [-0.2, 0) is 0 Å². The summed E-state index contributed by atoms with van der Waals surface area (Å²) in [6, 6.07) is 14.6. The minimum absolute atomic E-state index is 0.171. The third-order valence-electron chi connectivity index (χ3n) is 3.54. The number of benzene rings is 2. The number of hydrogen-bond acceptors (Lipinski definition) is 4. The highest BCUT2D eigenvalue weighted by Gasteiger charge is 2.05. The van der Waals surface area contributed by atoms with Gasteiger partial charge in [0.15, 0.2) is 0 Å². The molecule has 3 aromatic rings. The molecule has 0 aliphatic rings. The standard InChI is InChI=1S/C17H19N3O/c21-12-11-18-9-10-19-16-7-8-20-17-14-4-2-1-3-13(14)5-6-15(16)17/h1-8,18,21H,9-12H2,(H,19,20). The van der Waals surface area contributed by atoms with E-state index in [9.17, 15) is 0 Å². The van der Waals surface area contributed by atoms with Gasteiger partial charge in [-0.15, -0.1) is 0 Å². The van der Waals surface area contributed by atoms with Crippen molar-refractivity contribution in [3.05, 3.63) is 48.7 Å². The van der Waals surface area contributed by atoms with Gasteiger partial charge in [-0.2, -0.15) is 0 Å². The molecule has 108 valence electrons. The van der Waals surface area contributed by atoms with Gasteiger partial charge < -0.3 is 15.7 Å². The molecule has 2 aromatic carbocycles. The Morgan fingerprint density at radius 1 is 0.905 bits per heavy atom. The largest absolute Gasteiger partial charge is 0.395 e. The predicted molar refractivity (Wildman–Crippen MR) is 87.7 cm³/mol. The van der Waals surface area contributed by atoms with Crippen molar-refractivity contribution in [1.82, 2.24) is 10.3 Å². The number of aliphatic hydroxyl groups is 1. The molecule has 0 spiro atoms. The van der Waals surface area contributed by atoms with Crippen molar-refractivity contribution < 1.29 is 5.11 Å². The van der Waals surface area contributed by atoms with Crippen LogP contribution in [0, 0.1) is 0 Å². The maximum atomic E-state index is 8.73. The Balaban J connectivity index is 1.88. The van der Waals surface area contributed by atoms with Crippen LogP contribution in [0.2, 0.25) is 0 Å². The fourth-order valence-electron chi connectivity index (χ4n) is 2.53. The Morgan fingerprint density at radius 3 is 2.71 bits per heavy atom. The van der Waals surface area contributed by atoms with E-state index in [-0.39, 0.29) is 6.61 Å². The van der Waals surface area contributed by atoms with Crippen molar-refractivity contribution in [3.8, 4) is 0 Å². The van der Waals surface area contributed by atoms with Crippen molar-refractivity contribution in [2.75, 3.05) is 31.6 Å². The van der Waals surface area contributed by atoms with Gasteiger partial charge in [-0.1, -0.05) is 36.4 Å². The van der Waals surface area contributed by atoms with Crippen LogP contribution in [0.3, 0.4) is 0 Å². The summed E-state index contributed by atoms with van der Waals surface area (Å²) in [6.45, 7) is 2.43. The number of pyridine rings is 1. The minimum Gasteiger partial charge on any atom is -0.395 e. The molecular formula is C17H19N3O. The van der Waals surface area contributed by atoms with Crippen LogP contribution in [0.4, 0.5) is 5.69 Å². The number of aliphatic hydroxyl groups excluding tert-OH is 1. The first-order chi connectivity index (χ1) is 10.4. The van der Waals surface area contributed by atoms with Crippen LogP contribution >= 0.6 is 0 Å². The Morgan fingerprint density at radius 2 is 1.81 bits per heavy atom. The molecule has 0 fully saturated rings. The van der Waals surface area contributed by atoms with Gasteiger partial charge in [0, 0.05) is 42.3 Å². The van der Waals surface area contributed by atoms with Crippen molar-refractivity contribution in [2.24, 2.45) is 0 Å². The van der Waals surface area contributed by atoms with Gasteiger partial charge in [0.2, 0.25) is 0 Å². The summed E-state index contributed by atoms with van der Waals surface area (Å²) >= 11 is 0. The van der Waals surface area contributed by atoms with Crippen molar-refractivity contribution >= 4 is 27.4 Å². The lowest BCUT2D eigenvalue weighted by Gasteiger charge is -2.11. The van der Waals surface area contributed by atoms with Crippen molar-refractivity contribution in [3.63, 3.8) is 0 Å². The van der Waals surface area contributed by atoms with Crippen LogP contribution in [0.1, 0.15) is 0 Å². The summed E-state index contributed by atoms with van der Waals surface area (Å²) in [5.41, 5.74) is 2.12. The maximum absolute atomic E-state index is 8.73. The fraction of sp³-hybridized carbons (Fsp3) is 0.235. The molecule has 0 saturated carbocycles. The molecular weight excluding hydrogens is 262 g/mol. The number of nitrogens with one attached hydrogen (secondary N) is 2. The van der Waals surface area contributed by atoms with E-state index in [0.717, 1.165) is 29.7 Å². The molecule has 0 radical (unpaired) electrons. The van der Waals surface area contributed by atoms with Gasteiger partial charge in [-0.05, 0) is 11.5 Å². The van der Waals surface area contributed by atoms with E-state index < -0.39 is 0 Å². The van der Waals surface area contributed by atoms with E-state index in [4.69, 9.17) is 5.11 Å². The number of hydrogen-bond donors (Lipinski definition) is 3. The monoisotopic (exact) mass is 281 g/mol. The van der Waals surface area contributed by atoms with Crippen LogP contribution in [0.25, 0.3) is 21.7 Å². The zero-order chi connectivity index (χ0) is 14.5. The molecule has 0 unspecified atom stereocenters.